The summed E-state index contributed by atoms with van der Waals surface area (Å²) in [5.41, 5.74) is 16.8. The fraction of sp³-hybridized carbons (Fsp3) is 0.263. The van der Waals surface area contributed by atoms with Crippen molar-refractivity contribution in [3.05, 3.63) is 45.4 Å². The molecule has 4 nitrogen and oxygen atoms in total. The first kappa shape index (κ1) is 16.4. The van der Waals surface area contributed by atoms with Gasteiger partial charge >= 0.3 is 0 Å². The third-order valence-electron chi connectivity index (χ3n) is 4.76. The molecule has 128 valence electrons. The number of primary amides is 1. The number of carbonyl (C=O) groups excluding carboxylic acids is 1. The zero-order valence-corrected chi connectivity index (χ0v) is 15.2. The first-order valence-corrected chi connectivity index (χ1v) is 9.55. The summed E-state index contributed by atoms with van der Waals surface area (Å²) in [6.45, 7) is 0. The van der Waals surface area contributed by atoms with Gasteiger partial charge in [-0.15, -0.1) is 11.3 Å². The molecule has 3 aromatic rings. The number of halogens is 1. The van der Waals surface area contributed by atoms with Crippen LogP contribution in [0, 0.1) is 0 Å². The number of nitrogen functional groups attached to an aromatic ring is 1. The highest BCUT2D eigenvalue weighted by Gasteiger charge is 2.24. The van der Waals surface area contributed by atoms with Crippen LogP contribution in [0.5, 0.6) is 0 Å². The van der Waals surface area contributed by atoms with Gasteiger partial charge in [0.2, 0.25) is 0 Å². The fourth-order valence-corrected chi connectivity index (χ4v) is 4.70. The number of thiophene rings is 1. The van der Waals surface area contributed by atoms with E-state index in [-0.39, 0.29) is 0 Å². The van der Waals surface area contributed by atoms with Gasteiger partial charge in [0.15, 0.2) is 0 Å². The van der Waals surface area contributed by atoms with E-state index in [1.165, 1.54) is 23.3 Å². The number of anilines is 1. The summed E-state index contributed by atoms with van der Waals surface area (Å²) in [6, 6.07) is 7.76. The zero-order chi connectivity index (χ0) is 17.6. The predicted octanol–water partition coefficient (Wildman–Crippen LogP) is 4.57. The molecule has 0 unspecified atom stereocenters. The van der Waals surface area contributed by atoms with E-state index in [0.717, 1.165) is 52.7 Å². The molecule has 1 aromatic carbocycles. The second-order valence-corrected chi connectivity index (χ2v) is 7.80. The predicted molar refractivity (Wildman–Crippen MR) is 104 cm³/mol. The van der Waals surface area contributed by atoms with Gasteiger partial charge in [-0.1, -0.05) is 30.2 Å². The Balaban J connectivity index is 2.10. The van der Waals surface area contributed by atoms with Crippen molar-refractivity contribution in [1.29, 1.82) is 0 Å². The minimum Gasteiger partial charge on any atom is -0.397 e. The van der Waals surface area contributed by atoms with Gasteiger partial charge in [0.05, 0.1) is 5.69 Å². The van der Waals surface area contributed by atoms with Gasteiger partial charge in [-0.2, -0.15) is 0 Å². The molecule has 1 aliphatic rings. The number of benzene rings is 1. The Labute approximate surface area is 154 Å². The largest absolute Gasteiger partial charge is 0.397 e. The third-order valence-corrected chi connectivity index (χ3v) is 6.13. The number of amides is 1. The Kier molecular flexibility index (Phi) is 4.13. The van der Waals surface area contributed by atoms with Crippen LogP contribution in [0.15, 0.2) is 24.3 Å². The highest BCUT2D eigenvalue weighted by molar-refractivity contribution is 7.21. The molecule has 2 aromatic heterocycles. The zero-order valence-electron chi connectivity index (χ0n) is 13.6. The molecule has 4 N–H and O–H groups in total. The van der Waals surface area contributed by atoms with Crippen LogP contribution in [0.3, 0.4) is 0 Å². The summed E-state index contributed by atoms with van der Waals surface area (Å²) >= 11 is 7.35. The number of hydrogen-bond acceptors (Lipinski definition) is 4. The van der Waals surface area contributed by atoms with Crippen LogP contribution in [-0.2, 0) is 12.8 Å². The van der Waals surface area contributed by atoms with Gasteiger partial charge in [-0.05, 0) is 54.5 Å². The number of fused-ring (bicyclic) bond motifs is 2. The van der Waals surface area contributed by atoms with E-state index in [9.17, 15) is 4.79 Å². The number of pyridine rings is 1. The molecule has 4 rings (SSSR count). The van der Waals surface area contributed by atoms with Crippen LogP contribution in [-0.4, -0.2) is 10.9 Å². The van der Waals surface area contributed by atoms with Gasteiger partial charge in [-0.25, -0.2) is 4.98 Å². The van der Waals surface area contributed by atoms with Crippen molar-refractivity contribution < 1.29 is 4.79 Å². The molecule has 0 saturated carbocycles. The Morgan fingerprint density at radius 2 is 1.84 bits per heavy atom. The molecule has 25 heavy (non-hydrogen) atoms. The van der Waals surface area contributed by atoms with Crippen LogP contribution in [0.25, 0.3) is 21.3 Å². The summed E-state index contributed by atoms with van der Waals surface area (Å²) in [5.74, 6) is -0.502. The second-order valence-electron chi connectivity index (χ2n) is 6.37. The highest BCUT2D eigenvalue weighted by atomic mass is 35.5. The summed E-state index contributed by atoms with van der Waals surface area (Å²) in [4.78, 5) is 17.8. The van der Waals surface area contributed by atoms with Crippen molar-refractivity contribution in [2.45, 2.75) is 32.1 Å². The Morgan fingerprint density at radius 1 is 1.12 bits per heavy atom. The molecule has 0 fully saturated rings. The topological polar surface area (TPSA) is 82.0 Å². The first-order chi connectivity index (χ1) is 12.1. The molecule has 2 heterocycles. The Hall–Kier alpha value is -2.11. The lowest BCUT2D eigenvalue weighted by Gasteiger charge is -2.15. The van der Waals surface area contributed by atoms with E-state index >= 15 is 0 Å². The molecule has 0 radical (unpaired) electrons. The number of hydrogen-bond donors (Lipinski definition) is 2. The molecule has 6 heteroatoms. The fourth-order valence-electron chi connectivity index (χ4n) is 3.60. The standard InChI is InChI=1S/C19H18ClN3OS/c20-11-8-6-10(7-9-11)14-12-4-2-1-3-5-13(12)23-19-15(14)16(21)17(25-19)18(22)24/h6-9H,1-5,21H2,(H2,22,24). The van der Waals surface area contributed by atoms with Crippen molar-refractivity contribution in [3.63, 3.8) is 0 Å². The second kappa shape index (κ2) is 6.32. The Morgan fingerprint density at radius 3 is 2.56 bits per heavy atom. The molecule has 1 amide bonds. The third kappa shape index (κ3) is 2.77. The lowest BCUT2D eigenvalue weighted by atomic mass is 9.93. The molecule has 1 aliphatic carbocycles. The van der Waals surface area contributed by atoms with Gasteiger partial charge in [0, 0.05) is 16.1 Å². The van der Waals surface area contributed by atoms with Crippen LogP contribution < -0.4 is 11.5 Å². The maximum absolute atomic E-state index is 11.8. The SMILES string of the molecule is NC(=O)c1sc2nc3c(c(-c4ccc(Cl)cc4)c2c1N)CCCCC3. The number of aryl methyl sites for hydroxylation is 1. The van der Waals surface area contributed by atoms with Gasteiger partial charge in [0.25, 0.3) is 5.91 Å². The average molecular weight is 372 g/mol. The lowest BCUT2D eigenvalue weighted by Crippen LogP contribution is -2.10. The normalized spacial score (nSPS) is 14.3. The van der Waals surface area contributed by atoms with Gasteiger partial charge < -0.3 is 11.5 Å². The summed E-state index contributed by atoms with van der Waals surface area (Å²) < 4.78 is 0. The van der Waals surface area contributed by atoms with Crippen LogP contribution in [0.2, 0.25) is 5.02 Å². The first-order valence-electron chi connectivity index (χ1n) is 8.35. The lowest BCUT2D eigenvalue weighted by molar-refractivity contribution is 0.100. The van der Waals surface area contributed by atoms with E-state index < -0.39 is 5.91 Å². The smallest absolute Gasteiger partial charge is 0.260 e. The quantitative estimate of drug-likeness (QED) is 0.647. The van der Waals surface area contributed by atoms with Gasteiger partial charge in [-0.3, -0.25) is 4.79 Å². The number of carbonyl (C=O) groups is 1. The molecule has 0 aliphatic heterocycles. The van der Waals surface area contributed by atoms with E-state index in [1.807, 2.05) is 24.3 Å². The van der Waals surface area contributed by atoms with E-state index in [4.69, 9.17) is 28.1 Å². The maximum atomic E-state index is 11.8. The number of aromatic nitrogens is 1. The summed E-state index contributed by atoms with van der Waals surface area (Å²) in [6.07, 6.45) is 5.39. The monoisotopic (exact) mass is 371 g/mol. The summed E-state index contributed by atoms with van der Waals surface area (Å²) in [5, 5.41) is 1.54. The molecular formula is C19H18ClN3OS. The summed E-state index contributed by atoms with van der Waals surface area (Å²) in [7, 11) is 0. The highest BCUT2D eigenvalue weighted by Crippen LogP contribution is 2.43. The van der Waals surface area contributed by atoms with Crippen molar-refractivity contribution in [2.24, 2.45) is 5.73 Å². The van der Waals surface area contributed by atoms with Crippen molar-refractivity contribution in [2.75, 3.05) is 5.73 Å². The molecule has 0 atom stereocenters. The molecule has 0 spiro atoms. The number of nitrogens with two attached hydrogens (primary N) is 2. The minimum atomic E-state index is -0.502. The average Bonchev–Trinajstić information content (AvgIpc) is 2.77. The van der Waals surface area contributed by atoms with Crippen LogP contribution in [0.1, 0.15) is 40.2 Å². The van der Waals surface area contributed by atoms with Crippen LogP contribution >= 0.6 is 22.9 Å². The maximum Gasteiger partial charge on any atom is 0.260 e. The van der Waals surface area contributed by atoms with E-state index in [0.29, 0.717) is 15.6 Å². The number of rotatable bonds is 2. The van der Waals surface area contributed by atoms with E-state index in [2.05, 4.69) is 0 Å². The number of nitrogens with zero attached hydrogens (tertiary/aromatic N) is 1. The molecule has 0 bridgehead atoms. The van der Waals surface area contributed by atoms with E-state index in [1.54, 1.807) is 0 Å². The van der Waals surface area contributed by atoms with Crippen molar-refractivity contribution >= 4 is 44.7 Å². The molecular weight excluding hydrogens is 354 g/mol. The van der Waals surface area contributed by atoms with Gasteiger partial charge in [0.1, 0.15) is 9.71 Å². The van der Waals surface area contributed by atoms with Crippen molar-refractivity contribution in [3.8, 4) is 11.1 Å². The van der Waals surface area contributed by atoms with Crippen molar-refractivity contribution in [1.82, 2.24) is 4.98 Å². The molecule has 0 saturated heterocycles. The minimum absolute atomic E-state index is 0.387. The Bertz CT molecular complexity index is 979. The van der Waals surface area contributed by atoms with Crippen LogP contribution in [0.4, 0.5) is 5.69 Å².